The molecule has 23 heavy (non-hydrogen) atoms. The van der Waals surface area contributed by atoms with Gasteiger partial charge in [0.1, 0.15) is 0 Å². The van der Waals surface area contributed by atoms with E-state index in [1.807, 2.05) is 11.0 Å². The summed E-state index contributed by atoms with van der Waals surface area (Å²) in [6.07, 6.45) is 3.53. The number of hydrogen-bond acceptors (Lipinski definition) is 4. The van der Waals surface area contributed by atoms with Crippen molar-refractivity contribution in [1.82, 2.24) is 9.80 Å². The molecule has 0 spiro atoms. The van der Waals surface area contributed by atoms with Gasteiger partial charge in [0.15, 0.2) is 5.58 Å². The number of rotatable bonds is 4. The maximum Gasteiger partial charge on any atom is 0.222 e. The molecule has 0 atom stereocenters. The average molecular weight is 313 g/mol. The molecule has 2 aromatic rings. The van der Waals surface area contributed by atoms with E-state index >= 15 is 0 Å². The maximum atomic E-state index is 11.7. The summed E-state index contributed by atoms with van der Waals surface area (Å²) in [6.45, 7) is 6.91. The van der Waals surface area contributed by atoms with Crippen LogP contribution in [0.15, 0.2) is 34.9 Å². The van der Waals surface area contributed by atoms with E-state index < -0.39 is 0 Å². The van der Waals surface area contributed by atoms with Crippen molar-refractivity contribution in [3.8, 4) is 0 Å². The number of carbonyl (C=O) groups excluding carboxylic acids is 1. The van der Waals surface area contributed by atoms with Crippen LogP contribution in [0.25, 0.3) is 11.0 Å². The summed E-state index contributed by atoms with van der Waals surface area (Å²) in [5, 5.41) is 1.16. The minimum Gasteiger partial charge on any atom is -0.462 e. The summed E-state index contributed by atoms with van der Waals surface area (Å²) in [6, 6.07) is 8.34. The second-order valence-corrected chi connectivity index (χ2v) is 6.43. The minimum atomic E-state index is 0.327. The van der Waals surface area contributed by atoms with Crippen LogP contribution in [0.4, 0.5) is 5.69 Å². The second-order valence-electron chi connectivity index (χ2n) is 6.43. The number of fused-ring (bicyclic) bond motifs is 1. The lowest BCUT2D eigenvalue weighted by Gasteiger charge is -2.36. The molecule has 5 nitrogen and oxygen atoms in total. The van der Waals surface area contributed by atoms with E-state index in [4.69, 9.17) is 4.42 Å². The number of piperazine rings is 1. The summed E-state index contributed by atoms with van der Waals surface area (Å²) in [5.41, 5.74) is 2.19. The van der Waals surface area contributed by atoms with Gasteiger partial charge in [0.25, 0.3) is 0 Å². The number of carbonyl (C=O) groups is 1. The number of furan rings is 1. The van der Waals surface area contributed by atoms with E-state index in [9.17, 15) is 4.79 Å². The van der Waals surface area contributed by atoms with Gasteiger partial charge in [-0.1, -0.05) is 12.1 Å². The second kappa shape index (κ2) is 6.24. The largest absolute Gasteiger partial charge is 0.462 e. The van der Waals surface area contributed by atoms with Crippen LogP contribution in [0.1, 0.15) is 12.8 Å². The van der Waals surface area contributed by atoms with Gasteiger partial charge in [-0.25, -0.2) is 0 Å². The quantitative estimate of drug-likeness (QED) is 0.867. The normalized spacial score (nSPS) is 19.9. The fourth-order valence-electron chi connectivity index (χ4n) is 3.64. The lowest BCUT2D eigenvalue weighted by atomic mass is 10.2. The summed E-state index contributed by atoms with van der Waals surface area (Å²) in [5.74, 6) is 0.327. The Labute approximate surface area is 136 Å². The molecule has 2 aliphatic rings. The van der Waals surface area contributed by atoms with Crippen LogP contribution >= 0.6 is 0 Å². The molecule has 2 saturated heterocycles. The highest BCUT2D eigenvalue weighted by molar-refractivity contribution is 5.89. The summed E-state index contributed by atoms with van der Waals surface area (Å²) in [4.78, 5) is 18.6. The summed E-state index contributed by atoms with van der Waals surface area (Å²) < 4.78 is 5.66. The molecule has 1 amide bonds. The van der Waals surface area contributed by atoms with Gasteiger partial charge in [-0.05, 0) is 18.6 Å². The van der Waals surface area contributed by atoms with Crippen molar-refractivity contribution in [3.63, 3.8) is 0 Å². The van der Waals surface area contributed by atoms with Crippen LogP contribution in [0.5, 0.6) is 0 Å². The molecule has 122 valence electrons. The van der Waals surface area contributed by atoms with Gasteiger partial charge in [0.2, 0.25) is 5.91 Å². The smallest absolute Gasteiger partial charge is 0.222 e. The number of benzene rings is 1. The number of likely N-dealkylation sites (tertiary alicyclic amines) is 1. The Balaban J connectivity index is 1.34. The van der Waals surface area contributed by atoms with E-state index in [-0.39, 0.29) is 0 Å². The van der Waals surface area contributed by atoms with Crippen molar-refractivity contribution in [2.45, 2.75) is 12.8 Å². The maximum absolute atomic E-state index is 11.7. The Hall–Kier alpha value is -2.01. The van der Waals surface area contributed by atoms with Crippen LogP contribution in [-0.4, -0.2) is 61.5 Å². The molecule has 4 rings (SSSR count). The molecule has 5 heteroatoms. The highest BCUT2D eigenvalue weighted by Gasteiger charge is 2.23. The predicted molar refractivity (Wildman–Crippen MR) is 90.7 cm³/mol. The first-order chi connectivity index (χ1) is 11.3. The predicted octanol–water partition coefficient (Wildman–Crippen LogP) is 2.18. The molecule has 0 saturated carbocycles. The van der Waals surface area contributed by atoms with Gasteiger partial charge in [-0.15, -0.1) is 0 Å². The lowest BCUT2D eigenvalue weighted by molar-refractivity contribution is -0.127. The molecule has 3 heterocycles. The van der Waals surface area contributed by atoms with E-state index in [1.54, 1.807) is 6.26 Å². The number of nitrogens with zero attached hydrogens (tertiary/aromatic N) is 3. The van der Waals surface area contributed by atoms with Gasteiger partial charge in [0.05, 0.1) is 12.0 Å². The van der Waals surface area contributed by atoms with Crippen LogP contribution < -0.4 is 4.90 Å². The van der Waals surface area contributed by atoms with Crippen LogP contribution in [0, 0.1) is 0 Å². The van der Waals surface area contributed by atoms with Crippen molar-refractivity contribution in [1.29, 1.82) is 0 Å². The molecule has 1 aromatic carbocycles. The topological polar surface area (TPSA) is 39.9 Å². The lowest BCUT2D eigenvalue weighted by Crippen LogP contribution is -2.48. The molecule has 2 aliphatic heterocycles. The molecular weight excluding hydrogens is 290 g/mol. The van der Waals surface area contributed by atoms with Crippen molar-refractivity contribution in [2.75, 3.05) is 50.7 Å². The summed E-state index contributed by atoms with van der Waals surface area (Å²) in [7, 11) is 0. The molecule has 0 aliphatic carbocycles. The highest BCUT2D eigenvalue weighted by atomic mass is 16.3. The molecule has 0 N–H and O–H groups in total. The third-order valence-electron chi connectivity index (χ3n) is 5.03. The van der Waals surface area contributed by atoms with Gasteiger partial charge in [-0.2, -0.15) is 0 Å². The number of amides is 1. The van der Waals surface area contributed by atoms with Crippen molar-refractivity contribution >= 4 is 22.6 Å². The van der Waals surface area contributed by atoms with Crippen LogP contribution in [0.2, 0.25) is 0 Å². The zero-order valence-electron chi connectivity index (χ0n) is 13.4. The highest BCUT2D eigenvalue weighted by Crippen LogP contribution is 2.28. The molecule has 0 bridgehead atoms. The van der Waals surface area contributed by atoms with Crippen molar-refractivity contribution < 1.29 is 9.21 Å². The minimum absolute atomic E-state index is 0.327. The van der Waals surface area contributed by atoms with Gasteiger partial charge in [-0.3, -0.25) is 9.69 Å². The van der Waals surface area contributed by atoms with Crippen LogP contribution in [-0.2, 0) is 4.79 Å². The zero-order chi connectivity index (χ0) is 15.6. The Morgan fingerprint density at radius 2 is 1.87 bits per heavy atom. The zero-order valence-corrected chi connectivity index (χ0v) is 13.4. The molecule has 2 fully saturated rings. The SMILES string of the molecule is O=C1CCCN1CCN1CCN(c2cccc3ccoc23)CC1. The molecular formula is C18H23N3O2. The van der Waals surface area contributed by atoms with Crippen molar-refractivity contribution in [2.24, 2.45) is 0 Å². The van der Waals surface area contributed by atoms with Gasteiger partial charge >= 0.3 is 0 Å². The Kier molecular flexibility index (Phi) is 3.95. The first-order valence-electron chi connectivity index (χ1n) is 8.52. The van der Waals surface area contributed by atoms with Crippen LogP contribution in [0.3, 0.4) is 0 Å². The monoisotopic (exact) mass is 313 g/mol. The van der Waals surface area contributed by atoms with Crippen molar-refractivity contribution in [3.05, 3.63) is 30.5 Å². The Morgan fingerprint density at radius 3 is 2.65 bits per heavy atom. The Morgan fingerprint density at radius 1 is 1.00 bits per heavy atom. The third kappa shape index (κ3) is 2.93. The average Bonchev–Trinajstić information content (AvgIpc) is 3.22. The van der Waals surface area contributed by atoms with E-state index in [0.717, 1.165) is 69.6 Å². The Bertz CT molecular complexity index is 688. The first-order valence-corrected chi connectivity index (χ1v) is 8.52. The molecule has 0 radical (unpaired) electrons. The summed E-state index contributed by atoms with van der Waals surface area (Å²) >= 11 is 0. The number of hydrogen-bond donors (Lipinski definition) is 0. The fourth-order valence-corrected chi connectivity index (χ4v) is 3.64. The molecule has 0 unspecified atom stereocenters. The van der Waals surface area contributed by atoms with E-state index in [0.29, 0.717) is 5.91 Å². The van der Waals surface area contributed by atoms with Gasteiger partial charge < -0.3 is 14.2 Å². The third-order valence-corrected chi connectivity index (χ3v) is 5.03. The number of para-hydroxylation sites is 1. The van der Waals surface area contributed by atoms with E-state index in [2.05, 4.69) is 28.0 Å². The number of anilines is 1. The fraction of sp³-hybridized carbons (Fsp3) is 0.500. The van der Waals surface area contributed by atoms with Gasteiger partial charge in [0, 0.05) is 57.6 Å². The first kappa shape index (κ1) is 14.6. The molecule has 1 aromatic heterocycles. The van der Waals surface area contributed by atoms with E-state index in [1.165, 1.54) is 5.69 Å². The standard InChI is InChI=1S/C18H23N3O2/c22-17-5-2-7-21(17)13-10-19-8-11-20(12-9-19)16-4-1-3-15-6-14-23-18(15)16/h1,3-4,6,14H,2,5,7-13H2.